The smallest absolute Gasteiger partial charge is 0.239 e. The molecule has 0 unspecified atom stereocenters. The summed E-state index contributed by atoms with van der Waals surface area (Å²) in [6, 6.07) is 7.96. The molecule has 2 rings (SSSR count). The van der Waals surface area contributed by atoms with Crippen molar-refractivity contribution < 1.29 is 4.79 Å². The number of hydrogen-bond acceptors (Lipinski definition) is 1. The van der Waals surface area contributed by atoms with Crippen LogP contribution in [-0.4, -0.2) is 17.5 Å². The molecule has 1 N–H and O–H groups in total. The Kier molecular flexibility index (Phi) is 2.77. The molecule has 2 aromatic rings. The van der Waals surface area contributed by atoms with Crippen LogP contribution in [0.2, 0.25) is 0 Å². The van der Waals surface area contributed by atoms with Gasteiger partial charge in [0, 0.05) is 28.6 Å². The van der Waals surface area contributed by atoms with E-state index in [1.165, 1.54) is 0 Å². The lowest BCUT2D eigenvalue weighted by Crippen LogP contribution is -2.22. The maximum absolute atomic E-state index is 11.3. The summed E-state index contributed by atoms with van der Waals surface area (Å²) in [5.74, 6) is 0.00692. The summed E-state index contributed by atoms with van der Waals surface area (Å²) in [5.41, 5.74) is 1.06. The van der Waals surface area contributed by atoms with Gasteiger partial charge in [-0.25, -0.2) is 0 Å². The van der Waals surface area contributed by atoms with Crippen molar-refractivity contribution in [3.05, 3.63) is 34.9 Å². The SMILES string of the molecule is CNC(=O)Cn1ccc2c(Br)cccc21. The number of nitrogens with one attached hydrogen (secondary N) is 1. The van der Waals surface area contributed by atoms with Crippen LogP contribution in [0.4, 0.5) is 0 Å². The van der Waals surface area contributed by atoms with Crippen LogP contribution in [0, 0.1) is 0 Å². The minimum atomic E-state index is 0.00692. The van der Waals surface area contributed by atoms with Gasteiger partial charge in [-0.15, -0.1) is 0 Å². The highest BCUT2D eigenvalue weighted by Gasteiger charge is 2.05. The molecule has 4 heteroatoms. The number of nitrogens with zero attached hydrogens (tertiary/aromatic N) is 1. The molecule has 0 fully saturated rings. The van der Waals surface area contributed by atoms with Crippen molar-refractivity contribution in [3.8, 4) is 0 Å². The highest BCUT2D eigenvalue weighted by molar-refractivity contribution is 9.10. The number of amides is 1. The quantitative estimate of drug-likeness (QED) is 0.888. The van der Waals surface area contributed by atoms with Crippen molar-refractivity contribution in [2.75, 3.05) is 7.05 Å². The zero-order chi connectivity index (χ0) is 10.8. The van der Waals surface area contributed by atoms with Gasteiger partial charge in [0.2, 0.25) is 5.91 Å². The van der Waals surface area contributed by atoms with Gasteiger partial charge in [-0.3, -0.25) is 4.79 Å². The zero-order valence-electron chi connectivity index (χ0n) is 8.33. The van der Waals surface area contributed by atoms with Gasteiger partial charge in [-0.2, -0.15) is 0 Å². The monoisotopic (exact) mass is 266 g/mol. The minimum Gasteiger partial charge on any atom is -0.358 e. The highest BCUT2D eigenvalue weighted by Crippen LogP contribution is 2.24. The van der Waals surface area contributed by atoms with E-state index in [0.29, 0.717) is 6.54 Å². The van der Waals surface area contributed by atoms with Crippen molar-refractivity contribution >= 4 is 32.7 Å². The standard InChI is InChI=1S/C11H11BrN2O/c1-13-11(15)7-14-6-5-8-9(12)3-2-4-10(8)14/h2-6H,7H2,1H3,(H,13,15). The number of fused-ring (bicyclic) bond motifs is 1. The molecule has 1 aromatic heterocycles. The molecular formula is C11H11BrN2O. The van der Waals surface area contributed by atoms with E-state index in [0.717, 1.165) is 15.4 Å². The van der Waals surface area contributed by atoms with Crippen molar-refractivity contribution in [2.45, 2.75) is 6.54 Å². The zero-order valence-corrected chi connectivity index (χ0v) is 9.91. The Labute approximate surface area is 96.2 Å². The lowest BCUT2D eigenvalue weighted by atomic mass is 10.2. The van der Waals surface area contributed by atoms with Gasteiger partial charge in [0.05, 0.1) is 0 Å². The van der Waals surface area contributed by atoms with Gasteiger partial charge in [0.25, 0.3) is 0 Å². The Morgan fingerprint density at radius 3 is 3.00 bits per heavy atom. The summed E-state index contributed by atoms with van der Waals surface area (Å²) in [7, 11) is 1.64. The lowest BCUT2D eigenvalue weighted by Gasteiger charge is -2.04. The summed E-state index contributed by atoms with van der Waals surface area (Å²) in [6.45, 7) is 0.358. The van der Waals surface area contributed by atoms with Crippen molar-refractivity contribution in [1.82, 2.24) is 9.88 Å². The Bertz CT molecular complexity index is 504. The summed E-state index contributed by atoms with van der Waals surface area (Å²) in [5, 5.41) is 3.74. The van der Waals surface area contributed by atoms with Crippen LogP contribution in [0.1, 0.15) is 0 Å². The van der Waals surface area contributed by atoms with E-state index in [1.807, 2.05) is 35.0 Å². The van der Waals surface area contributed by atoms with Gasteiger partial charge in [0.1, 0.15) is 6.54 Å². The van der Waals surface area contributed by atoms with Crippen LogP contribution in [0.15, 0.2) is 34.9 Å². The second-order valence-corrected chi connectivity index (χ2v) is 4.14. The normalized spacial score (nSPS) is 10.5. The first-order valence-electron chi connectivity index (χ1n) is 4.66. The van der Waals surface area contributed by atoms with E-state index < -0.39 is 0 Å². The Morgan fingerprint density at radius 1 is 1.47 bits per heavy atom. The Balaban J connectivity index is 2.45. The van der Waals surface area contributed by atoms with Gasteiger partial charge in [0.15, 0.2) is 0 Å². The second-order valence-electron chi connectivity index (χ2n) is 3.29. The topological polar surface area (TPSA) is 34.0 Å². The molecule has 78 valence electrons. The first-order valence-corrected chi connectivity index (χ1v) is 5.45. The molecule has 0 bridgehead atoms. The average molecular weight is 267 g/mol. The molecule has 3 nitrogen and oxygen atoms in total. The molecule has 1 amide bonds. The third-order valence-electron chi connectivity index (χ3n) is 2.35. The molecule has 0 atom stereocenters. The van der Waals surface area contributed by atoms with E-state index in [1.54, 1.807) is 7.05 Å². The maximum Gasteiger partial charge on any atom is 0.239 e. The second kappa shape index (κ2) is 4.06. The van der Waals surface area contributed by atoms with Gasteiger partial charge in [-0.1, -0.05) is 22.0 Å². The first kappa shape index (κ1) is 10.2. The molecule has 0 aliphatic heterocycles. The van der Waals surface area contributed by atoms with Crippen LogP contribution < -0.4 is 5.32 Å². The molecule has 0 radical (unpaired) electrons. The van der Waals surface area contributed by atoms with E-state index in [2.05, 4.69) is 21.2 Å². The number of aromatic nitrogens is 1. The van der Waals surface area contributed by atoms with Crippen molar-refractivity contribution in [1.29, 1.82) is 0 Å². The lowest BCUT2D eigenvalue weighted by molar-refractivity contribution is -0.121. The minimum absolute atomic E-state index is 0.00692. The van der Waals surface area contributed by atoms with Crippen LogP contribution in [0.3, 0.4) is 0 Å². The van der Waals surface area contributed by atoms with Crippen molar-refractivity contribution in [3.63, 3.8) is 0 Å². The van der Waals surface area contributed by atoms with E-state index in [-0.39, 0.29) is 5.91 Å². The summed E-state index contributed by atoms with van der Waals surface area (Å²) in [6.07, 6.45) is 1.92. The largest absolute Gasteiger partial charge is 0.358 e. The Hall–Kier alpha value is -1.29. The number of carbonyl (C=O) groups is 1. The molecule has 0 saturated carbocycles. The van der Waals surface area contributed by atoms with Gasteiger partial charge >= 0.3 is 0 Å². The predicted molar refractivity (Wildman–Crippen MR) is 63.7 cm³/mol. The summed E-state index contributed by atoms with van der Waals surface area (Å²) in [4.78, 5) is 11.3. The fourth-order valence-corrected chi connectivity index (χ4v) is 2.05. The molecule has 1 heterocycles. The average Bonchev–Trinajstić information content (AvgIpc) is 2.63. The fourth-order valence-electron chi connectivity index (χ4n) is 1.56. The van der Waals surface area contributed by atoms with Crippen molar-refractivity contribution in [2.24, 2.45) is 0 Å². The number of carbonyl (C=O) groups excluding carboxylic acids is 1. The first-order chi connectivity index (χ1) is 7.22. The number of rotatable bonds is 2. The third kappa shape index (κ3) is 1.90. The fraction of sp³-hybridized carbons (Fsp3) is 0.182. The van der Waals surface area contributed by atoms with Crippen LogP contribution >= 0.6 is 15.9 Å². The number of halogens is 1. The highest BCUT2D eigenvalue weighted by atomic mass is 79.9. The predicted octanol–water partition coefficient (Wildman–Crippen LogP) is 2.15. The van der Waals surface area contributed by atoms with Gasteiger partial charge in [-0.05, 0) is 18.2 Å². The molecule has 15 heavy (non-hydrogen) atoms. The molecule has 1 aromatic carbocycles. The maximum atomic E-state index is 11.3. The Morgan fingerprint density at radius 2 is 2.27 bits per heavy atom. The van der Waals surface area contributed by atoms with Crippen LogP contribution in [-0.2, 0) is 11.3 Å². The van der Waals surface area contributed by atoms with Gasteiger partial charge < -0.3 is 9.88 Å². The van der Waals surface area contributed by atoms with Crippen LogP contribution in [0.5, 0.6) is 0 Å². The van der Waals surface area contributed by atoms with E-state index in [9.17, 15) is 4.79 Å². The molecule has 0 aliphatic carbocycles. The summed E-state index contributed by atoms with van der Waals surface area (Å²) < 4.78 is 2.98. The molecular weight excluding hydrogens is 256 g/mol. The number of hydrogen-bond donors (Lipinski definition) is 1. The van der Waals surface area contributed by atoms with E-state index in [4.69, 9.17) is 0 Å². The van der Waals surface area contributed by atoms with Crippen LogP contribution in [0.25, 0.3) is 10.9 Å². The number of likely N-dealkylation sites (N-methyl/N-ethyl adjacent to an activating group) is 1. The third-order valence-corrected chi connectivity index (χ3v) is 3.04. The molecule has 0 aliphatic rings. The summed E-state index contributed by atoms with van der Waals surface area (Å²) >= 11 is 3.48. The molecule has 0 spiro atoms. The molecule has 0 saturated heterocycles. The van der Waals surface area contributed by atoms with E-state index >= 15 is 0 Å². The number of benzene rings is 1.